The van der Waals surface area contributed by atoms with Gasteiger partial charge in [0, 0.05) is 7.11 Å². The molecule has 0 saturated heterocycles. The summed E-state index contributed by atoms with van der Waals surface area (Å²) in [4.78, 5) is 0. The summed E-state index contributed by atoms with van der Waals surface area (Å²) in [6, 6.07) is 9.21. The molecular formula is C17H29NO. The Bertz CT molecular complexity index is 360. The van der Waals surface area contributed by atoms with Crippen molar-refractivity contribution in [2.75, 3.05) is 13.7 Å². The topological polar surface area (TPSA) is 21.3 Å². The molecule has 2 nitrogen and oxygen atoms in total. The quantitative estimate of drug-likeness (QED) is 0.835. The fourth-order valence-electron chi connectivity index (χ4n) is 2.41. The van der Waals surface area contributed by atoms with E-state index in [1.54, 1.807) is 7.11 Å². The lowest BCUT2D eigenvalue weighted by Crippen LogP contribution is -2.33. The molecule has 1 rings (SSSR count). The Balaban J connectivity index is 2.97. The molecule has 1 N–H and O–H groups in total. The predicted molar refractivity (Wildman–Crippen MR) is 82.6 cm³/mol. The third-order valence-corrected chi connectivity index (χ3v) is 3.64. The molecule has 0 fully saturated rings. The summed E-state index contributed by atoms with van der Waals surface area (Å²) < 4.78 is 5.60. The first-order valence-electron chi connectivity index (χ1n) is 7.30. The minimum atomic E-state index is 0.206. The van der Waals surface area contributed by atoms with Gasteiger partial charge in [0.05, 0.1) is 12.1 Å². The molecule has 0 aliphatic rings. The van der Waals surface area contributed by atoms with Crippen molar-refractivity contribution in [2.45, 2.75) is 58.6 Å². The van der Waals surface area contributed by atoms with Crippen molar-refractivity contribution >= 4 is 0 Å². The molecule has 19 heavy (non-hydrogen) atoms. The van der Waals surface area contributed by atoms with Crippen LogP contribution in [-0.4, -0.2) is 19.8 Å². The van der Waals surface area contributed by atoms with E-state index in [1.807, 2.05) is 0 Å². The third kappa shape index (κ3) is 4.32. The van der Waals surface area contributed by atoms with Crippen LogP contribution in [-0.2, 0) is 10.2 Å². The molecule has 0 aliphatic carbocycles. The van der Waals surface area contributed by atoms with Crippen molar-refractivity contribution in [3.8, 4) is 0 Å². The largest absolute Gasteiger partial charge is 0.379 e. The summed E-state index contributed by atoms with van der Waals surface area (Å²) in [6.07, 6.45) is 1.23. The van der Waals surface area contributed by atoms with Crippen LogP contribution in [0.5, 0.6) is 0 Å². The smallest absolute Gasteiger partial charge is 0.0763 e. The summed E-state index contributed by atoms with van der Waals surface area (Å²) in [5.74, 6) is 0. The maximum absolute atomic E-state index is 5.60. The molecule has 0 heterocycles. The van der Waals surface area contributed by atoms with Crippen LogP contribution in [0.4, 0.5) is 0 Å². The number of ether oxygens (including phenoxy) is 1. The van der Waals surface area contributed by atoms with Gasteiger partial charge in [-0.3, -0.25) is 0 Å². The molecule has 0 aliphatic heterocycles. The van der Waals surface area contributed by atoms with Gasteiger partial charge in [0.15, 0.2) is 0 Å². The molecule has 0 radical (unpaired) electrons. The standard InChI is InChI=1S/C17H29NO/c1-7-15(19-6)16(18-8-2)13-9-11-14(12-10-13)17(3,4)5/h9-12,15-16,18H,7-8H2,1-6H3. The Morgan fingerprint density at radius 3 is 2.05 bits per heavy atom. The number of hydrogen-bond acceptors (Lipinski definition) is 2. The van der Waals surface area contributed by atoms with Gasteiger partial charge < -0.3 is 10.1 Å². The lowest BCUT2D eigenvalue weighted by Gasteiger charge is -2.27. The van der Waals surface area contributed by atoms with E-state index in [9.17, 15) is 0 Å². The van der Waals surface area contributed by atoms with E-state index in [0.717, 1.165) is 13.0 Å². The Morgan fingerprint density at radius 1 is 1.11 bits per heavy atom. The van der Waals surface area contributed by atoms with Crippen LogP contribution in [0, 0.1) is 0 Å². The van der Waals surface area contributed by atoms with Gasteiger partial charge in [-0.2, -0.15) is 0 Å². The van der Waals surface area contributed by atoms with Gasteiger partial charge in [-0.25, -0.2) is 0 Å². The minimum Gasteiger partial charge on any atom is -0.379 e. The third-order valence-electron chi connectivity index (χ3n) is 3.64. The summed E-state index contributed by atoms with van der Waals surface area (Å²) in [5, 5.41) is 3.53. The van der Waals surface area contributed by atoms with E-state index < -0.39 is 0 Å². The van der Waals surface area contributed by atoms with E-state index in [1.165, 1.54) is 11.1 Å². The van der Waals surface area contributed by atoms with Gasteiger partial charge >= 0.3 is 0 Å². The molecule has 2 atom stereocenters. The van der Waals surface area contributed by atoms with Crippen LogP contribution in [0.1, 0.15) is 58.2 Å². The Kier molecular flexibility index (Phi) is 6.02. The Labute approximate surface area is 118 Å². The number of nitrogens with one attached hydrogen (secondary N) is 1. The first kappa shape index (κ1) is 16.2. The zero-order valence-electron chi connectivity index (χ0n) is 13.3. The lowest BCUT2D eigenvalue weighted by atomic mass is 9.86. The monoisotopic (exact) mass is 263 g/mol. The normalized spacial score (nSPS) is 15.3. The molecule has 1 aromatic rings. The fraction of sp³-hybridized carbons (Fsp3) is 0.647. The van der Waals surface area contributed by atoms with E-state index in [-0.39, 0.29) is 17.6 Å². The highest BCUT2D eigenvalue weighted by molar-refractivity contribution is 5.29. The molecular weight excluding hydrogens is 234 g/mol. The van der Waals surface area contributed by atoms with Crippen LogP contribution in [0.25, 0.3) is 0 Å². The highest BCUT2D eigenvalue weighted by atomic mass is 16.5. The van der Waals surface area contributed by atoms with E-state index >= 15 is 0 Å². The highest BCUT2D eigenvalue weighted by Crippen LogP contribution is 2.26. The Morgan fingerprint density at radius 2 is 1.68 bits per heavy atom. The summed E-state index contributed by atoms with van der Waals surface area (Å²) in [5.41, 5.74) is 2.89. The highest BCUT2D eigenvalue weighted by Gasteiger charge is 2.21. The van der Waals surface area contributed by atoms with Gasteiger partial charge in [-0.1, -0.05) is 58.9 Å². The SMILES string of the molecule is CCNC(c1ccc(C(C)(C)C)cc1)C(CC)OC. The molecule has 0 saturated carbocycles. The van der Waals surface area contributed by atoms with Gasteiger partial charge in [0.2, 0.25) is 0 Å². The van der Waals surface area contributed by atoms with Gasteiger partial charge in [0.1, 0.15) is 0 Å². The molecule has 0 spiro atoms. The van der Waals surface area contributed by atoms with Crippen molar-refractivity contribution in [3.63, 3.8) is 0 Å². The summed E-state index contributed by atoms with van der Waals surface area (Å²) in [7, 11) is 1.79. The number of likely N-dealkylation sites (N-methyl/N-ethyl adjacent to an activating group) is 1. The maximum atomic E-state index is 5.60. The average molecular weight is 263 g/mol. The lowest BCUT2D eigenvalue weighted by molar-refractivity contribution is 0.0656. The summed E-state index contributed by atoms with van der Waals surface area (Å²) in [6.45, 7) is 12.0. The second-order valence-electron chi connectivity index (χ2n) is 6.09. The van der Waals surface area contributed by atoms with Crippen LogP contribution in [0.15, 0.2) is 24.3 Å². The van der Waals surface area contributed by atoms with Crippen molar-refractivity contribution < 1.29 is 4.74 Å². The molecule has 0 aromatic heterocycles. The first-order valence-corrected chi connectivity index (χ1v) is 7.30. The van der Waals surface area contributed by atoms with Crippen LogP contribution >= 0.6 is 0 Å². The van der Waals surface area contributed by atoms with E-state index in [0.29, 0.717) is 0 Å². The average Bonchev–Trinajstić information content (AvgIpc) is 2.38. The van der Waals surface area contributed by atoms with Crippen molar-refractivity contribution in [3.05, 3.63) is 35.4 Å². The van der Waals surface area contributed by atoms with Crippen LogP contribution in [0.3, 0.4) is 0 Å². The predicted octanol–water partition coefficient (Wildman–Crippen LogP) is 4.06. The minimum absolute atomic E-state index is 0.206. The van der Waals surface area contributed by atoms with Crippen LogP contribution < -0.4 is 5.32 Å². The first-order chi connectivity index (χ1) is 8.93. The zero-order chi connectivity index (χ0) is 14.5. The van der Waals surface area contributed by atoms with Gasteiger partial charge in [-0.15, -0.1) is 0 Å². The molecule has 0 amide bonds. The number of hydrogen-bond donors (Lipinski definition) is 1. The van der Waals surface area contributed by atoms with Crippen LogP contribution in [0.2, 0.25) is 0 Å². The fourth-order valence-corrected chi connectivity index (χ4v) is 2.41. The number of rotatable bonds is 6. The second-order valence-corrected chi connectivity index (χ2v) is 6.09. The molecule has 1 aromatic carbocycles. The number of benzene rings is 1. The summed E-state index contributed by atoms with van der Waals surface area (Å²) >= 11 is 0. The molecule has 108 valence electrons. The molecule has 2 unspecified atom stereocenters. The molecule has 2 heteroatoms. The van der Waals surface area contributed by atoms with Crippen molar-refractivity contribution in [1.29, 1.82) is 0 Å². The maximum Gasteiger partial charge on any atom is 0.0763 e. The number of methoxy groups -OCH3 is 1. The van der Waals surface area contributed by atoms with Crippen molar-refractivity contribution in [1.82, 2.24) is 5.32 Å². The Hall–Kier alpha value is -0.860. The van der Waals surface area contributed by atoms with Gasteiger partial charge in [0.25, 0.3) is 0 Å². The van der Waals surface area contributed by atoms with Crippen molar-refractivity contribution in [2.24, 2.45) is 0 Å². The van der Waals surface area contributed by atoms with Gasteiger partial charge in [-0.05, 0) is 29.5 Å². The van der Waals surface area contributed by atoms with E-state index in [4.69, 9.17) is 4.74 Å². The zero-order valence-corrected chi connectivity index (χ0v) is 13.3. The second kappa shape index (κ2) is 7.06. The van der Waals surface area contributed by atoms with E-state index in [2.05, 4.69) is 64.2 Å². The molecule has 0 bridgehead atoms.